The van der Waals surface area contributed by atoms with Gasteiger partial charge in [0.15, 0.2) is 0 Å². The number of para-hydroxylation sites is 1. The molecule has 5 nitrogen and oxygen atoms in total. The van der Waals surface area contributed by atoms with Gasteiger partial charge in [-0.3, -0.25) is 19.3 Å². The van der Waals surface area contributed by atoms with E-state index in [4.69, 9.17) is 0 Å². The number of alkyl halides is 3. The Morgan fingerprint density at radius 1 is 0.900 bits per heavy atom. The van der Waals surface area contributed by atoms with Crippen LogP contribution in [0.25, 0.3) is 0 Å². The molecule has 0 unspecified atom stereocenters. The summed E-state index contributed by atoms with van der Waals surface area (Å²) in [4.78, 5) is 38.9. The molecule has 1 aliphatic heterocycles. The molecule has 156 valence electrons. The molecule has 1 heterocycles. The number of hydrogen-bond acceptors (Lipinski definition) is 3. The third-order valence-electron chi connectivity index (χ3n) is 5.71. The topological polar surface area (TPSA) is 66.5 Å². The van der Waals surface area contributed by atoms with Gasteiger partial charge in [-0.1, -0.05) is 25.0 Å². The van der Waals surface area contributed by atoms with Crippen molar-refractivity contribution in [2.24, 2.45) is 11.8 Å². The number of halogens is 3. The van der Waals surface area contributed by atoms with E-state index >= 15 is 0 Å². The van der Waals surface area contributed by atoms with Crippen LogP contribution in [0.4, 0.5) is 24.5 Å². The summed E-state index contributed by atoms with van der Waals surface area (Å²) in [6.45, 7) is 0. The number of carbonyl (C=O) groups is 3. The number of fused-ring (bicyclic) bond motifs is 1. The lowest BCUT2D eigenvalue weighted by Gasteiger charge is -2.19. The maximum atomic E-state index is 13.1. The van der Waals surface area contributed by atoms with Crippen LogP contribution in [-0.2, 0) is 15.8 Å². The first-order valence-corrected chi connectivity index (χ1v) is 9.73. The molecular weight excluding hydrogens is 397 g/mol. The third kappa shape index (κ3) is 3.58. The average molecular weight is 416 g/mol. The number of anilines is 2. The predicted molar refractivity (Wildman–Crippen MR) is 104 cm³/mol. The first-order valence-electron chi connectivity index (χ1n) is 9.73. The molecule has 2 aromatic carbocycles. The number of amides is 3. The summed E-state index contributed by atoms with van der Waals surface area (Å²) in [5.74, 6) is -1.73. The number of benzene rings is 2. The minimum Gasteiger partial charge on any atom is -0.321 e. The van der Waals surface area contributed by atoms with Crippen molar-refractivity contribution in [1.29, 1.82) is 0 Å². The summed E-state index contributed by atoms with van der Waals surface area (Å²) < 4.78 is 39.3. The highest BCUT2D eigenvalue weighted by Crippen LogP contribution is 2.40. The molecule has 2 atom stereocenters. The van der Waals surface area contributed by atoms with E-state index in [1.807, 2.05) is 0 Å². The van der Waals surface area contributed by atoms with Gasteiger partial charge < -0.3 is 5.32 Å². The second-order valence-corrected chi connectivity index (χ2v) is 7.55. The van der Waals surface area contributed by atoms with Crippen molar-refractivity contribution in [1.82, 2.24) is 0 Å². The molecule has 2 aromatic rings. The highest BCUT2D eigenvalue weighted by atomic mass is 19.4. The monoisotopic (exact) mass is 416 g/mol. The number of hydrogen-bond donors (Lipinski definition) is 1. The normalized spacial score (nSPS) is 21.5. The smallest absolute Gasteiger partial charge is 0.321 e. The highest BCUT2D eigenvalue weighted by Gasteiger charge is 2.48. The van der Waals surface area contributed by atoms with E-state index in [-0.39, 0.29) is 34.9 Å². The molecule has 0 aromatic heterocycles. The number of rotatable bonds is 3. The summed E-state index contributed by atoms with van der Waals surface area (Å²) >= 11 is 0. The fraction of sp³-hybridized carbons (Fsp3) is 0.318. The molecule has 0 bridgehead atoms. The van der Waals surface area contributed by atoms with Gasteiger partial charge >= 0.3 is 6.18 Å². The van der Waals surface area contributed by atoms with Crippen LogP contribution < -0.4 is 10.2 Å². The van der Waals surface area contributed by atoms with Gasteiger partial charge in [-0.2, -0.15) is 13.2 Å². The molecule has 0 radical (unpaired) electrons. The molecule has 1 saturated heterocycles. The van der Waals surface area contributed by atoms with Gasteiger partial charge in [-0.15, -0.1) is 0 Å². The van der Waals surface area contributed by atoms with Crippen LogP contribution in [0.2, 0.25) is 0 Å². The summed E-state index contributed by atoms with van der Waals surface area (Å²) in [5, 5.41) is 2.27. The van der Waals surface area contributed by atoms with E-state index in [0.29, 0.717) is 18.5 Å². The number of nitrogens with one attached hydrogen (secondary N) is 1. The standard InChI is InChI=1S/C22H19F3N2O3/c23-22(24,25)17-7-3-4-8-18(17)26-19(28)13-9-11-14(12-10-13)27-20(29)15-5-1-2-6-16(15)21(27)30/h3-4,7-12,15-16H,1-2,5-6H2,(H,26,28)/t15-,16+. The molecule has 1 aliphatic carbocycles. The van der Waals surface area contributed by atoms with E-state index in [2.05, 4.69) is 5.32 Å². The first kappa shape index (κ1) is 20.1. The maximum absolute atomic E-state index is 13.1. The van der Waals surface area contributed by atoms with Crippen molar-refractivity contribution in [3.63, 3.8) is 0 Å². The second kappa shape index (κ2) is 7.59. The van der Waals surface area contributed by atoms with Crippen molar-refractivity contribution in [2.45, 2.75) is 31.9 Å². The van der Waals surface area contributed by atoms with Crippen molar-refractivity contribution in [3.8, 4) is 0 Å². The zero-order valence-corrected chi connectivity index (χ0v) is 15.9. The van der Waals surface area contributed by atoms with E-state index in [1.54, 1.807) is 0 Å². The van der Waals surface area contributed by atoms with Crippen LogP contribution in [0.1, 0.15) is 41.6 Å². The number of imide groups is 1. The molecule has 2 fully saturated rings. The zero-order chi connectivity index (χ0) is 21.5. The summed E-state index contributed by atoms with van der Waals surface area (Å²) in [5.41, 5.74) is -0.794. The van der Waals surface area contributed by atoms with E-state index < -0.39 is 17.6 Å². The van der Waals surface area contributed by atoms with E-state index in [9.17, 15) is 27.6 Å². The molecule has 30 heavy (non-hydrogen) atoms. The Morgan fingerprint density at radius 3 is 2.03 bits per heavy atom. The van der Waals surface area contributed by atoms with Crippen molar-refractivity contribution in [2.75, 3.05) is 10.2 Å². The van der Waals surface area contributed by atoms with Gasteiger partial charge in [0.2, 0.25) is 11.8 Å². The predicted octanol–water partition coefficient (Wildman–Crippen LogP) is 4.64. The molecule has 1 N–H and O–H groups in total. The van der Waals surface area contributed by atoms with Crippen LogP contribution in [0.5, 0.6) is 0 Å². The molecule has 0 spiro atoms. The Hall–Kier alpha value is -3.16. The van der Waals surface area contributed by atoms with Crippen LogP contribution in [-0.4, -0.2) is 17.7 Å². The molecule has 4 rings (SSSR count). The first-order chi connectivity index (χ1) is 14.3. The van der Waals surface area contributed by atoms with Gasteiger partial charge in [0.05, 0.1) is 28.8 Å². The quantitative estimate of drug-likeness (QED) is 0.742. The molecular formula is C22H19F3N2O3. The van der Waals surface area contributed by atoms with E-state index in [1.165, 1.54) is 47.4 Å². The Morgan fingerprint density at radius 2 is 1.47 bits per heavy atom. The van der Waals surface area contributed by atoms with Crippen LogP contribution in [0, 0.1) is 11.8 Å². The average Bonchev–Trinajstić information content (AvgIpc) is 2.98. The second-order valence-electron chi connectivity index (χ2n) is 7.55. The fourth-order valence-corrected chi connectivity index (χ4v) is 4.21. The fourth-order valence-electron chi connectivity index (χ4n) is 4.21. The molecule has 3 amide bonds. The van der Waals surface area contributed by atoms with Crippen molar-refractivity contribution < 1.29 is 27.6 Å². The number of carbonyl (C=O) groups excluding carboxylic acids is 3. The number of nitrogens with zero attached hydrogens (tertiary/aromatic N) is 1. The Balaban J connectivity index is 1.53. The van der Waals surface area contributed by atoms with E-state index in [0.717, 1.165) is 18.9 Å². The SMILES string of the molecule is O=C(Nc1ccccc1C(F)(F)F)c1ccc(N2C(=O)[C@H]3CCCC[C@H]3C2=O)cc1. The lowest BCUT2D eigenvalue weighted by atomic mass is 9.81. The van der Waals surface area contributed by atoms with Gasteiger partial charge in [0.25, 0.3) is 5.91 Å². The largest absolute Gasteiger partial charge is 0.418 e. The minimum atomic E-state index is -4.60. The molecule has 1 saturated carbocycles. The van der Waals surface area contributed by atoms with Crippen LogP contribution >= 0.6 is 0 Å². The summed E-state index contributed by atoms with van der Waals surface area (Å²) in [6.07, 6.45) is -1.35. The van der Waals surface area contributed by atoms with Gasteiger partial charge in [0, 0.05) is 5.56 Å². The zero-order valence-electron chi connectivity index (χ0n) is 15.9. The highest BCUT2D eigenvalue weighted by molar-refractivity contribution is 6.22. The Bertz CT molecular complexity index is 977. The lowest BCUT2D eigenvalue weighted by Crippen LogP contribution is -2.30. The lowest BCUT2D eigenvalue weighted by molar-refractivity contribution is -0.137. The van der Waals surface area contributed by atoms with Crippen molar-refractivity contribution >= 4 is 29.1 Å². The Labute approximate surface area is 170 Å². The maximum Gasteiger partial charge on any atom is 0.418 e. The van der Waals surface area contributed by atoms with Gasteiger partial charge in [-0.25, -0.2) is 0 Å². The Kier molecular flexibility index (Phi) is 5.09. The van der Waals surface area contributed by atoms with Crippen molar-refractivity contribution in [3.05, 3.63) is 59.7 Å². The minimum absolute atomic E-state index is 0.118. The van der Waals surface area contributed by atoms with Crippen LogP contribution in [0.15, 0.2) is 48.5 Å². The van der Waals surface area contributed by atoms with Gasteiger partial charge in [0.1, 0.15) is 0 Å². The molecule has 2 aliphatic rings. The third-order valence-corrected chi connectivity index (χ3v) is 5.71. The summed E-state index contributed by atoms with van der Waals surface area (Å²) in [7, 11) is 0. The molecule has 8 heteroatoms. The summed E-state index contributed by atoms with van der Waals surface area (Å²) in [6, 6.07) is 10.4. The van der Waals surface area contributed by atoms with Gasteiger partial charge in [-0.05, 0) is 49.2 Å². The van der Waals surface area contributed by atoms with Crippen LogP contribution in [0.3, 0.4) is 0 Å².